The molecule has 0 fully saturated rings. The lowest BCUT2D eigenvalue weighted by molar-refractivity contribution is 0.0784. The molecule has 0 N–H and O–H groups in total. The van der Waals surface area contributed by atoms with Gasteiger partial charge in [0.15, 0.2) is 0 Å². The number of aromatic nitrogens is 3. The second-order valence-electron chi connectivity index (χ2n) is 7.01. The minimum atomic E-state index is -0.0731. The zero-order chi connectivity index (χ0) is 20.4. The number of para-hydroxylation sites is 1. The molecule has 0 radical (unpaired) electrons. The van der Waals surface area contributed by atoms with Gasteiger partial charge in [-0.3, -0.25) is 4.79 Å². The number of nitrogens with zero attached hydrogens (tertiary/aromatic N) is 4. The number of thiazole rings is 1. The molecule has 146 valence electrons. The summed E-state index contributed by atoms with van der Waals surface area (Å²) in [4.78, 5) is 19.5. The van der Waals surface area contributed by atoms with E-state index in [9.17, 15) is 4.79 Å². The molecule has 6 heteroatoms. The first-order chi connectivity index (χ1) is 14.0. The fourth-order valence-corrected chi connectivity index (χ4v) is 3.89. The van der Waals surface area contributed by atoms with Crippen molar-refractivity contribution in [3.8, 4) is 16.9 Å². The summed E-state index contributed by atoms with van der Waals surface area (Å²) >= 11 is 1.59. The van der Waals surface area contributed by atoms with Crippen LogP contribution in [0.5, 0.6) is 0 Å². The Morgan fingerprint density at radius 3 is 2.48 bits per heavy atom. The first-order valence-electron chi connectivity index (χ1n) is 9.40. The van der Waals surface area contributed by atoms with Crippen LogP contribution in [0.25, 0.3) is 16.9 Å². The minimum absolute atomic E-state index is 0.0731. The summed E-state index contributed by atoms with van der Waals surface area (Å²) in [6, 6.07) is 17.8. The molecule has 2 heterocycles. The summed E-state index contributed by atoms with van der Waals surface area (Å²) in [7, 11) is 1.80. The predicted octanol–water partition coefficient (Wildman–Crippen LogP) is 4.88. The highest BCUT2D eigenvalue weighted by atomic mass is 32.1. The second-order valence-corrected chi connectivity index (χ2v) is 8.07. The maximum absolute atomic E-state index is 13.4. The van der Waals surface area contributed by atoms with Crippen molar-refractivity contribution in [2.45, 2.75) is 20.4 Å². The Bertz CT molecular complexity index is 1150. The zero-order valence-electron chi connectivity index (χ0n) is 16.7. The van der Waals surface area contributed by atoms with Gasteiger partial charge in [-0.1, -0.05) is 42.5 Å². The quantitative estimate of drug-likeness (QED) is 0.478. The van der Waals surface area contributed by atoms with Gasteiger partial charge in [-0.15, -0.1) is 11.3 Å². The number of amides is 1. The van der Waals surface area contributed by atoms with Crippen molar-refractivity contribution in [3.63, 3.8) is 0 Å². The van der Waals surface area contributed by atoms with Gasteiger partial charge in [-0.05, 0) is 31.5 Å². The van der Waals surface area contributed by atoms with Gasteiger partial charge in [0.25, 0.3) is 5.91 Å². The highest BCUT2D eigenvalue weighted by molar-refractivity contribution is 7.09. The largest absolute Gasteiger partial charge is 0.336 e. The van der Waals surface area contributed by atoms with Crippen molar-refractivity contribution in [1.82, 2.24) is 19.7 Å². The summed E-state index contributed by atoms with van der Waals surface area (Å²) < 4.78 is 1.77. The monoisotopic (exact) mass is 402 g/mol. The molecular weight excluding hydrogens is 380 g/mol. The molecule has 2 aromatic carbocycles. The number of rotatable bonds is 5. The summed E-state index contributed by atoms with van der Waals surface area (Å²) in [5, 5.41) is 7.78. The molecule has 0 aliphatic rings. The van der Waals surface area contributed by atoms with Crippen LogP contribution in [0.15, 0.2) is 66.2 Å². The molecule has 4 rings (SSSR count). The van der Waals surface area contributed by atoms with Crippen molar-refractivity contribution >= 4 is 17.2 Å². The number of aryl methyl sites for hydroxylation is 2. The number of carbonyl (C=O) groups is 1. The molecule has 0 atom stereocenters. The molecule has 0 spiro atoms. The minimum Gasteiger partial charge on any atom is -0.336 e. The molecule has 0 aliphatic heterocycles. The first kappa shape index (κ1) is 19.1. The normalized spacial score (nSPS) is 10.9. The van der Waals surface area contributed by atoms with Crippen LogP contribution in [-0.2, 0) is 6.54 Å². The van der Waals surface area contributed by atoms with Crippen molar-refractivity contribution in [1.29, 1.82) is 0 Å². The zero-order valence-corrected chi connectivity index (χ0v) is 17.5. The van der Waals surface area contributed by atoms with E-state index in [0.29, 0.717) is 17.8 Å². The maximum atomic E-state index is 13.4. The average Bonchev–Trinajstić information content (AvgIpc) is 3.35. The molecule has 0 bridgehead atoms. The standard InChI is InChI=1S/C23H22N4OS/c1-16-9-7-8-12-20(16)22-21(14-27(25-22)19-10-5-4-6-11-19)23(28)26(3)13-18-15-29-17(2)24-18/h4-12,14-15H,13H2,1-3H3. The van der Waals surface area contributed by atoms with E-state index in [1.165, 1.54) is 0 Å². The van der Waals surface area contributed by atoms with E-state index in [-0.39, 0.29) is 5.91 Å². The highest BCUT2D eigenvalue weighted by Gasteiger charge is 2.23. The van der Waals surface area contributed by atoms with Gasteiger partial charge in [-0.25, -0.2) is 9.67 Å². The molecule has 29 heavy (non-hydrogen) atoms. The topological polar surface area (TPSA) is 51.0 Å². The number of hydrogen-bond acceptors (Lipinski definition) is 4. The fraction of sp³-hybridized carbons (Fsp3) is 0.174. The Morgan fingerprint density at radius 2 is 1.79 bits per heavy atom. The Hall–Kier alpha value is -3.25. The van der Waals surface area contributed by atoms with Gasteiger partial charge in [-0.2, -0.15) is 5.10 Å². The van der Waals surface area contributed by atoms with Crippen LogP contribution in [0.4, 0.5) is 0 Å². The third kappa shape index (κ3) is 3.98. The van der Waals surface area contributed by atoms with Crippen molar-refractivity contribution < 1.29 is 4.79 Å². The molecular formula is C23H22N4OS. The van der Waals surface area contributed by atoms with Crippen LogP contribution in [-0.4, -0.2) is 32.6 Å². The van der Waals surface area contributed by atoms with Gasteiger partial charge in [0, 0.05) is 24.2 Å². The summed E-state index contributed by atoms with van der Waals surface area (Å²) in [6.07, 6.45) is 1.82. The third-order valence-electron chi connectivity index (χ3n) is 4.78. The number of carbonyl (C=O) groups excluding carboxylic acids is 1. The SMILES string of the molecule is Cc1nc(CN(C)C(=O)c2cn(-c3ccccc3)nc2-c2ccccc2C)cs1. The summed E-state index contributed by atoms with van der Waals surface area (Å²) in [6.45, 7) is 4.47. The van der Waals surface area contributed by atoms with E-state index in [4.69, 9.17) is 5.10 Å². The molecule has 5 nitrogen and oxygen atoms in total. The van der Waals surface area contributed by atoms with Crippen molar-refractivity contribution in [2.24, 2.45) is 0 Å². The molecule has 2 aromatic heterocycles. The Kier molecular flexibility index (Phi) is 5.27. The molecule has 0 unspecified atom stereocenters. The van der Waals surface area contributed by atoms with E-state index in [1.807, 2.05) is 80.0 Å². The van der Waals surface area contributed by atoms with Crippen LogP contribution in [0.2, 0.25) is 0 Å². The molecule has 0 saturated heterocycles. The van der Waals surface area contributed by atoms with Gasteiger partial charge < -0.3 is 4.90 Å². The van der Waals surface area contributed by atoms with Gasteiger partial charge in [0.1, 0.15) is 5.69 Å². The summed E-state index contributed by atoms with van der Waals surface area (Å²) in [5.74, 6) is -0.0731. The fourth-order valence-electron chi connectivity index (χ4n) is 3.28. The lowest BCUT2D eigenvalue weighted by Crippen LogP contribution is -2.26. The van der Waals surface area contributed by atoms with Crippen LogP contribution in [0.3, 0.4) is 0 Å². The van der Waals surface area contributed by atoms with E-state index in [0.717, 1.165) is 27.5 Å². The van der Waals surface area contributed by atoms with Crippen LogP contribution < -0.4 is 0 Å². The van der Waals surface area contributed by atoms with E-state index >= 15 is 0 Å². The van der Waals surface area contributed by atoms with Crippen LogP contribution in [0, 0.1) is 13.8 Å². The van der Waals surface area contributed by atoms with E-state index < -0.39 is 0 Å². The molecule has 0 aliphatic carbocycles. The maximum Gasteiger partial charge on any atom is 0.257 e. The number of benzene rings is 2. The van der Waals surface area contributed by atoms with E-state index in [1.54, 1.807) is 28.0 Å². The molecule has 1 amide bonds. The number of hydrogen-bond donors (Lipinski definition) is 0. The van der Waals surface area contributed by atoms with Gasteiger partial charge in [0.2, 0.25) is 0 Å². The lowest BCUT2D eigenvalue weighted by Gasteiger charge is -2.16. The van der Waals surface area contributed by atoms with Crippen molar-refractivity contribution in [3.05, 3.63) is 88.0 Å². The Balaban J connectivity index is 1.75. The molecule has 0 saturated carbocycles. The Morgan fingerprint density at radius 1 is 1.07 bits per heavy atom. The summed E-state index contributed by atoms with van der Waals surface area (Å²) in [5.41, 5.74) is 5.13. The first-order valence-corrected chi connectivity index (χ1v) is 10.3. The predicted molar refractivity (Wildman–Crippen MR) is 116 cm³/mol. The van der Waals surface area contributed by atoms with Crippen molar-refractivity contribution in [2.75, 3.05) is 7.05 Å². The second kappa shape index (κ2) is 8.01. The van der Waals surface area contributed by atoms with Crippen LogP contribution >= 0.6 is 11.3 Å². The third-order valence-corrected chi connectivity index (χ3v) is 5.60. The molecule has 4 aromatic rings. The van der Waals surface area contributed by atoms with Crippen LogP contribution in [0.1, 0.15) is 26.6 Å². The lowest BCUT2D eigenvalue weighted by atomic mass is 10.0. The Labute approximate surface area is 174 Å². The average molecular weight is 403 g/mol. The van der Waals surface area contributed by atoms with Gasteiger partial charge in [0.05, 0.1) is 28.5 Å². The smallest absolute Gasteiger partial charge is 0.257 e. The van der Waals surface area contributed by atoms with Gasteiger partial charge >= 0.3 is 0 Å². The highest BCUT2D eigenvalue weighted by Crippen LogP contribution is 2.28. The van der Waals surface area contributed by atoms with E-state index in [2.05, 4.69) is 4.98 Å².